The summed E-state index contributed by atoms with van der Waals surface area (Å²) in [6.45, 7) is 3.80. The first kappa shape index (κ1) is 14.6. The highest BCUT2D eigenvalue weighted by atomic mass is 79.9. The number of methoxy groups -OCH3 is 1. The van der Waals surface area contributed by atoms with Gasteiger partial charge in [-0.05, 0) is 43.2 Å². The number of aryl methyl sites for hydroxylation is 1. The first-order valence-electron chi connectivity index (χ1n) is 6.20. The van der Waals surface area contributed by atoms with Gasteiger partial charge in [-0.15, -0.1) is 0 Å². The Balaban J connectivity index is 2.69. The first-order chi connectivity index (χ1) is 9.47. The summed E-state index contributed by atoms with van der Waals surface area (Å²) >= 11 is 3.48. The van der Waals surface area contributed by atoms with Crippen molar-refractivity contribution >= 4 is 27.4 Å². The highest BCUT2D eigenvalue weighted by molar-refractivity contribution is 9.10. The fourth-order valence-corrected chi connectivity index (χ4v) is 2.77. The molecule has 0 atom stereocenters. The van der Waals surface area contributed by atoms with Gasteiger partial charge in [0.05, 0.1) is 12.7 Å². The van der Waals surface area contributed by atoms with Crippen LogP contribution in [-0.2, 0) is 0 Å². The second-order valence-corrected chi connectivity index (χ2v) is 5.48. The van der Waals surface area contributed by atoms with Crippen LogP contribution in [0.1, 0.15) is 27.0 Å². The Bertz CT molecular complexity index is 680. The van der Waals surface area contributed by atoms with Crippen molar-refractivity contribution in [1.82, 2.24) is 0 Å². The van der Waals surface area contributed by atoms with Crippen LogP contribution in [0.5, 0.6) is 5.75 Å². The number of halogens is 1. The average molecular weight is 334 g/mol. The van der Waals surface area contributed by atoms with Gasteiger partial charge in [0, 0.05) is 15.7 Å². The number of hydrogen-bond donors (Lipinski definition) is 1. The van der Waals surface area contributed by atoms with E-state index in [1.54, 1.807) is 25.3 Å². The minimum Gasteiger partial charge on any atom is -0.496 e. The van der Waals surface area contributed by atoms with Crippen molar-refractivity contribution in [3.05, 3.63) is 57.1 Å². The summed E-state index contributed by atoms with van der Waals surface area (Å²) < 4.78 is 6.29. The third-order valence-corrected chi connectivity index (χ3v) is 4.12. The minimum absolute atomic E-state index is 0.123. The van der Waals surface area contributed by atoms with Gasteiger partial charge in [-0.3, -0.25) is 4.79 Å². The summed E-state index contributed by atoms with van der Waals surface area (Å²) in [6.07, 6.45) is 0. The van der Waals surface area contributed by atoms with Crippen molar-refractivity contribution in [2.45, 2.75) is 13.8 Å². The number of ketones is 1. The largest absolute Gasteiger partial charge is 0.496 e. The van der Waals surface area contributed by atoms with Crippen LogP contribution >= 0.6 is 15.9 Å². The molecule has 0 spiro atoms. The highest BCUT2D eigenvalue weighted by Gasteiger charge is 2.22. The second-order valence-electron chi connectivity index (χ2n) is 4.62. The molecule has 0 saturated heterocycles. The van der Waals surface area contributed by atoms with Crippen LogP contribution in [0.25, 0.3) is 0 Å². The van der Waals surface area contributed by atoms with Crippen LogP contribution in [0.4, 0.5) is 5.69 Å². The summed E-state index contributed by atoms with van der Waals surface area (Å²) in [5, 5.41) is 0. The molecule has 0 bridgehead atoms. The van der Waals surface area contributed by atoms with Crippen molar-refractivity contribution in [3.8, 4) is 5.75 Å². The van der Waals surface area contributed by atoms with Gasteiger partial charge in [-0.2, -0.15) is 0 Å². The van der Waals surface area contributed by atoms with Gasteiger partial charge < -0.3 is 10.5 Å². The van der Waals surface area contributed by atoms with E-state index in [0.717, 1.165) is 15.6 Å². The Morgan fingerprint density at radius 1 is 1.25 bits per heavy atom. The molecule has 0 radical (unpaired) electrons. The smallest absolute Gasteiger partial charge is 0.199 e. The van der Waals surface area contributed by atoms with Crippen molar-refractivity contribution in [2.75, 3.05) is 12.8 Å². The van der Waals surface area contributed by atoms with Gasteiger partial charge in [0.25, 0.3) is 0 Å². The van der Waals surface area contributed by atoms with Crippen LogP contribution in [0.3, 0.4) is 0 Å². The summed E-state index contributed by atoms with van der Waals surface area (Å²) in [7, 11) is 1.57. The van der Waals surface area contributed by atoms with Gasteiger partial charge in [0.15, 0.2) is 5.78 Å². The highest BCUT2D eigenvalue weighted by Crippen LogP contribution is 2.34. The lowest BCUT2D eigenvalue weighted by Crippen LogP contribution is -2.10. The van der Waals surface area contributed by atoms with Gasteiger partial charge in [-0.25, -0.2) is 0 Å². The molecule has 20 heavy (non-hydrogen) atoms. The summed E-state index contributed by atoms with van der Waals surface area (Å²) in [5.74, 6) is 0.473. The number of ether oxygens (including phenoxy) is 1. The average Bonchev–Trinajstić information content (AvgIpc) is 2.42. The number of anilines is 1. The number of nitrogens with two attached hydrogens (primary N) is 1. The van der Waals surface area contributed by atoms with Crippen LogP contribution in [-0.4, -0.2) is 12.9 Å². The van der Waals surface area contributed by atoms with Crippen LogP contribution in [0, 0.1) is 13.8 Å². The van der Waals surface area contributed by atoms with Crippen molar-refractivity contribution in [1.29, 1.82) is 0 Å². The molecule has 0 aliphatic carbocycles. The molecule has 2 N–H and O–H groups in total. The zero-order valence-corrected chi connectivity index (χ0v) is 13.2. The molecule has 104 valence electrons. The van der Waals surface area contributed by atoms with Crippen LogP contribution < -0.4 is 10.5 Å². The Hall–Kier alpha value is -1.81. The van der Waals surface area contributed by atoms with Crippen molar-refractivity contribution < 1.29 is 9.53 Å². The van der Waals surface area contributed by atoms with Gasteiger partial charge in [0.2, 0.25) is 0 Å². The van der Waals surface area contributed by atoms with Crippen molar-refractivity contribution in [3.63, 3.8) is 0 Å². The number of nitrogen functional groups attached to an aromatic ring is 1. The zero-order valence-electron chi connectivity index (χ0n) is 11.7. The Kier molecular flexibility index (Phi) is 4.14. The third kappa shape index (κ3) is 2.43. The van der Waals surface area contributed by atoms with E-state index in [1.807, 2.05) is 26.0 Å². The molecule has 2 aromatic rings. The quantitative estimate of drug-likeness (QED) is 0.684. The van der Waals surface area contributed by atoms with E-state index < -0.39 is 0 Å². The van der Waals surface area contributed by atoms with E-state index >= 15 is 0 Å². The molecule has 2 rings (SSSR count). The molecular formula is C16H16BrNO2. The fraction of sp³-hybridized carbons (Fsp3) is 0.188. The van der Waals surface area contributed by atoms with Gasteiger partial charge >= 0.3 is 0 Å². The Labute approximate surface area is 126 Å². The molecular weight excluding hydrogens is 318 g/mol. The number of hydrogen-bond acceptors (Lipinski definition) is 3. The van der Waals surface area contributed by atoms with E-state index in [9.17, 15) is 4.79 Å². The lowest BCUT2D eigenvalue weighted by atomic mass is 9.95. The van der Waals surface area contributed by atoms with E-state index in [0.29, 0.717) is 22.6 Å². The third-order valence-electron chi connectivity index (χ3n) is 3.30. The lowest BCUT2D eigenvalue weighted by molar-refractivity contribution is 0.103. The normalized spacial score (nSPS) is 10.4. The molecule has 0 aromatic heterocycles. The number of benzene rings is 2. The minimum atomic E-state index is -0.123. The maximum Gasteiger partial charge on any atom is 0.199 e. The molecule has 0 heterocycles. The zero-order chi connectivity index (χ0) is 14.9. The topological polar surface area (TPSA) is 52.3 Å². The maximum atomic E-state index is 12.8. The predicted molar refractivity (Wildman–Crippen MR) is 84.5 cm³/mol. The molecule has 4 heteroatoms. The van der Waals surface area contributed by atoms with Crippen molar-refractivity contribution in [2.24, 2.45) is 0 Å². The van der Waals surface area contributed by atoms with Crippen LogP contribution in [0.2, 0.25) is 0 Å². The summed E-state index contributed by atoms with van der Waals surface area (Å²) in [6, 6.07) is 9.00. The maximum absolute atomic E-state index is 12.8. The molecule has 0 fully saturated rings. The number of carbonyl (C=O) groups excluding carboxylic acids is 1. The predicted octanol–water partition coefficient (Wildman–Crippen LogP) is 3.89. The second kappa shape index (κ2) is 5.67. The standard InChI is InChI=1S/C16H16BrNO2/c1-9-8-12(17)10(2)14(16(9)20-3)15(19)11-6-4-5-7-13(11)18/h4-8H,18H2,1-3H3. The van der Waals surface area contributed by atoms with E-state index in [2.05, 4.69) is 15.9 Å². The van der Waals surface area contributed by atoms with Gasteiger partial charge in [-0.1, -0.05) is 28.1 Å². The summed E-state index contributed by atoms with van der Waals surface area (Å²) in [4.78, 5) is 12.8. The molecule has 0 amide bonds. The monoisotopic (exact) mass is 333 g/mol. The molecule has 0 aliphatic rings. The molecule has 0 saturated carbocycles. The fourth-order valence-electron chi connectivity index (χ4n) is 2.23. The number of rotatable bonds is 3. The lowest BCUT2D eigenvalue weighted by Gasteiger charge is -2.15. The SMILES string of the molecule is COc1c(C)cc(Br)c(C)c1C(=O)c1ccccc1N. The Morgan fingerprint density at radius 2 is 1.90 bits per heavy atom. The Morgan fingerprint density at radius 3 is 2.50 bits per heavy atom. The first-order valence-corrected chi connectivity index (χ1v) is 6.99. The van der Waals surface area contributed by atoms with Gasteiger partial charge in [0.1, 0.15) is 5.75 Å². The van der Waals surface area contributed by atoms with E-state index in [4.69, 9.17) is 10.5 Å². The molecule has 3 nitrogen and oxygen atoms in total. The molecule has 0 aliphatic heterocycles. The number of para-hydroxylation sites is 1. The summed E-state index contributed by atoms with van der Waals surface area (Å²) in [5.41, 5.74) is 9.17. The van der Waals surface area contributed by atoms with E-state index in [-0.39, 0.29) is 5.78 Å². The molecule has 2 aromatic carbocycles. The molecule has 0 unspecified atom stereocenters. The van der Waals surface area contributed by atoms with E-state index in [1.165, 1.54) is 0 Å². The number of carbonyl (C=O) groups is 1. The van der Waals surface area contributed by atoms with Crippen LogP contribution in [0.15, 0.2) is 34.8 Å².